The SMILES string of the molecule is Cn1cc(/C=C(\CC(=O)O)C(=O)O)cn1. The van der Waals surface area contributed by atoms with Gasteiger partial charge in [-0.1, -0.05) is 0 Å². The molecule has 1 heterocycles. The lowest BCUT2D eigenvalue weighted by atomic mass is 10.1. The maximum atomic E-state index is 10.7. The molecule has 0 saturated carbocycles. The molecule has 0 bridgehead atoms. The molecular weight excluding hydrogens is 200 g/mol. The number of aliphatic carboxylic acids is 2. The molecule has 0 aromatic carbocycles. The van der Waals surface area contributed by atoms with Gasteiger partial charge in [0, 0.05) is 24.4 Å². The van der Waals surface area contributed by atoms with Gasteiger partial charge in [0.15, 0.2) is 0 Å². The van der Waals surface area contributed by atoms with Crippen LogP contribution < -0.4 is 0 Å². The Labute approximate surface area is 85.5 Å². The van der Waals surface area contributed by atoms with Crippen LogP contribution in [0.5, 0.6) is 0 Å². The lowest BCUT2D eigenvalue weighted by Crippen LogP contribution is -2.06. The van der Waals surface area contributed by atoms with Crippen LogP contribution in [-0.4, -0.2) is 31.9 Å². The minimum Gasteiger partial charge on any atom is -0.481 e. The van der Waals surface area contributed by atoms with Gasteiger partial charge in [-0.15, -0.1) is 0 Å². The summed E-state index contributed by atoms with van der Waals surface area (Å²) >= 11 is 0. The first-order valence-corrected chi connectivity index (χ1v) is 4.13. The number of carbonyl (C=O) groups is 2. The maximum Gasteiger partial charge on any atom is 0.332 e. The zero-order valence-corrected chi connectivity index (χ0v) is 8.04. The largest absolute Gasteiger partial charge is 0.481 e. The molecule has 0 unspecified atom stereocenters. The van der Waals surface area contributed by atoms with Crippen molar-refractivity contribution < 1.29 is 19.8 Å². The van der Waals surface area contributed by atoms with E-state index in [1.165, 1.54) is 17.0 Å². The van der Waals surface area contributed by atoms with Crippen molar-refractivity contribution in [3.05, 3.63) is 23.5 Å². The number of aryl methyl sites for hydroxylation is 1. The van der Waals surface area contributed by atoms with Crippen molar-refractivity contribution in [3.8, 4) is 0 Å². The molecule has 1 aromatic heterocycles. The Bertz CT molecular complexity index is 420. The van der Waals surface area contributed by atoms with E-state index in [9.17, 15) is 9.59 Å². The zero-order valence-electron chi connectivity index (χ0n) is 8.04. The van der Waals surface area contributed by atoms with Crippen LogP contribution in [0.4, 0.5) is 0 Å². The minimum atomic E-state index is -1.23. The number of carboxylic acids is 2. The molecule has 0 aliphatic carbocycles. The van der Waals surface area contributed by atoms with Crippen molar-refractivity contribution in [2.24, 2.45) is 7.05 Å². The van der Waals surface area contributed by atoms with Crippen LogP contribution in [0.2, 0.25) is 0 Å². The third-order valence-electron chi connectivity index (χ3n) is 1.68. The summed E-state index contributed by atoms with van der Waals surface area (Å²) in [6.07, 6.45) is 3.85. The Morgan fingerprint density at radius 1 is 1.53 bits per heavy atom. The molecule has 1 rings (SSSR count). The lowest BCUT2D eigenvalue weighted by molar-refractivity contribution is -0.139. The Morgan fingerprint density at radius 3 is 2.60 bits per heavy atom. The number of nitrogens with zero attached hydrogens (tertiary/aromatic N) is 2. The third kappa shape index (κ3) is 3.26. The molecule has 2 N–H and O–H groups in total. The zero-order chi connectivity index (χ0) is 11.4. The van der Waals surface area contributed by atoms with Gasteiger partial charge in [-0.3, -0.25) is 9.48 Å². The van der Waals surface area contributed by atoms with Crippen molar-refractivity contribution in [1.82, 2.24) is 9.78 Å². The first kappa shape index (κ1) is 11.0. The second-order valence-corrected chi connectivity index (χ2v) is 2.99. The second kappa shape index (κ2) is 4.41. The molecule has 0 radical (unpaired) electrons. The molecule has 0 aliphatic heterocycles. The predicted molar refractivity (Wildman–Crippen MR) is 51.1 cm³/mol. The summed E-state index contributed by atoms with van der Waals surface area (Å²) in [6, 6.07) is 0. The highest BCUT2D eigenvalue weighted by Gasteiger charge is 2.11. The van der Waals surface area contributed by atoms with Crippen LogP contribution in [0.1, 0.15) is 12.0 Å². The molecule has 80 valence electrons. The van der Waals surface area contributed by atoms with E-state index >= 15 is 0 Å². The van der Waals surface area contributed by atoms with Gasteiger partial charge in [-0.05, 0) is 6.08 Å². The van der Waals surface area contributed by atoms with Crippen molar-refractivity contribution in [2.75, 3.05) is 0 Å². The van der Waals surface area contributed by atoms with Crippen LogP contribution in [-0.2, 0) is 16.6 Å². The van der Waals surface area contributed by atoms with Crippen LogP contribution in [0.15, 0.2) is 18.0 Å². The summed E-state index contributed by atoms with van der Waals surface area (Å²) in [4.78, 5) is 21.1. The molecule has 0 atom stereocenters. The number of aromatic nitrogens is 2. The first-order chi connectivity index (χ1) is 6.99. The highest BCUT2D eigenvalue weighted by Crippen LogP contribution is 2.09. The quantitative estimate of drug-likeness (QED) is 0.700. The molecule has 6 nitrogen and oxygen atoms in total. The molecular formula is C9H10N2O4. The lowest BCUT2D eigenvalue weighted by Gasteiger charge is -1.96. The van der Waals surface area contributed by atoms with Gasteiger partial charge >= 0.3 is 11.9 Å². The van der Waals surface area contributed by atoms with Gasteiger partial charge < -0.3 is 10.2 Å². The van der Waals surface area contributed by atoms with Crippen molar-refractivity contribution in [3.63, 3.8) is 0 Å². The van der Waals surface area contributed by atoms with E-state index in [0.29, 0.717) is 5.56 Å². The summed E-state index contributed by atoms with van der Waals surface area (Å²) in [6.45, 7) is 0. The smallest absolute Gasteiger partial charge is 0.332 e. The van der Waals surface area contributed by atoms with Crippen molar-refractivity contribution in [1.29, 1.82) is 0 Å². The number of hydrogen-bond donors (Lipinski definition) is 2. The van der Waals surface area contributed by atoms with E-state index in [4.69, 9.17) is 10.2 Å². The topological polar surface area (TPSA) is 92.4 Å². The van der Waals surface area contributed by atoms with Crippen molar-refractivity contribution in [2.45, 2.75) is 6.42 Å². The van der Waals surface area contributed by atoms with Gasteiger partial charge in [-0.2, -0.15) is 5.10 Å². The number of hydrogen-bond acceptors (Lipinski definition) is 3. The second-order valence-electron chi connectivity index (χ2n) is 2.99. The summed E-state index contributed by atoms with van der Waals surface area (Å²) < 4.78 is 1.51. The standard InChI is InChI=1S/C9H10N2O4/c1-11-5-6(4-10-11)2-7(9(14)15)3-8(12)13/h2,4-5H,3H2,1H3,(H,12,13)(H,14,15)/b7-2+. The minimum absolute atomic E-state index is 0.171. The molecule has 0 saturated heterocycles. The fourth-order valence-electron chi connectivity index (χ4n) is 1.07. The fraction of sp³-hybridized carbons (Fsp3) is 0.222. The molecule has 1 aromatic rings. The third-order valence-corrected chi connectivity index (χ3v) is 1.68. The highest BCUT2D eigenvalue weighted by atomic mass is 16.4. The van der Waals surface area contributed by atoms with Gasteiger partial charge in [0.2, 0.25) is 0 Å². The number of carboxylic acid groups (broad SMARTS) is 2. The predicted octanol–water partition coefficient (Wildman–Crippen LogP) is 0.363. The van der Waals surface area contributed by atoms with Crippen molar-refractivity contribution >= 4 is 18.0 Å². The Balaban J connectivity index is 2.93. The fourth-order valence-corrected chi connectivity index (χ4v) is 1.07. The van der Waals surface area contributed by atoms with E-state index in [1.807, 2.05) is 0 Å². The van der Waals surface area contributed by atoms with E-state index < -0.39 is 18.4 Å². The Morgan fingerprint density at radius 2 is 2.20 bits per heavy atom. The normalized spacial score (nSPS) is 11.4. The molecule has 0 aliphatic rings. The summed E-state index contributed by atoms with van der Waals surface area (Å²) in [5, 5.41) is 21.1. The molecule has 0 fully saturated rings. The van der Waals surface area contributed by atoms with E-state index in [-0.39, 0.29) is 5.57 Å². The summed E-state index contributed by atoms with van der Waals surface area (Å²) in [7, 11) is 1.69. The Kier molecular flexibility index (Phi) is 3.22. The van der Waals surface area contributed by atoms with Gasteiger partial charge in [0.1, 0.15) is 0 Å². The van der Waals surface area contributed by atoms with Crippen LogP contribution >= 0.6 is 0 Å². The molecule has 0 amide bonds. The molecule has 6 heteroatoms. The monoisotopic (exact) mass is 210 g/mol. The van der Waals surface area contributed by atoms with E-state index in [1.54, 1.807) is 13.2 Å². The first-order valence-electron chi connectivity index (χ1n) is 4.13. The van der Waals surface area contributed by atoms with E-state index in [0.717, 1.165) is 0 Å². The van der Waals surface area contributed by atoms with Gasteiger partial charge in [0.05, 0.1) is 12.6 Å². The molecule has 15 heavy (non-hydrogen) atoms. The summed E-state index contributed by atoms with van der Waals surface area (Å²) in [5.41, 5.74) is 0.395. The van der Waals surface area contributed by atoms with E-state index in [2.05, 4.69) is 5.10 Å². The Hall–Kier alpha value is -2.11. The number of rotatable bonds is 4. The molecule has 0 spiro atoms. The van der Waals surface area contributed by atoms with Crippen LogP contribution in [0, 0.1) is 0 Å². The maximum absolute atomic E-state index is 10.7. The van der Waals surface area contributed by atoms with Crippen LogP contribution in [0.25, 0.3) is 6.08 Å². The van der Waals surface area contributed by atoms with Crippen LogP contribution in [0.3, 0.4) is 0 Å². The van der Waals surface area contributed by atoms with Gasteiger partial charge in [-0.25, -0.2) is 4.79 Å². The summed E-state index contributed by atoms with van der Waals surface area (Å²) in [5.74, 6) is -2.41. The average Bonchev–Trinajstić information content (AvgIpc) is 2.49. The van der Waals surface area contributed by atoms with Gasteiger partial charge in [0.25, 0.3) is 0 Å². The highest BCUT2D eigenvalue weighted by molar-refractivity contribution is 5.96. The average molecular weight is 210 g/mol.